The minimum Gasteiger partial charge on any atom is -0.496 e. The van der Waals surface area contributed by atoms with Crippen molar-refractivity contribution in [3.63, 3.8) is 0 Å². The zero-order chi connectivity index (χ0) is 11.5. The number of methoxy groups -OCH3 is 1. The van der Waals surface area contributed by atoms with E-state index in [9.17, 15) is 0 Å². The van der Waals surface area contributed by atoms with Crippen molar-refractivity contribution in [2.24, 2.45) is 0 Å². The molecule has 0 amide bonds. The average Bonchev–Trinajstić information content (AvgIpc) is 2.27. The molecule has 2 rings (SSSR count). The lowest BCUT2D eigenvalue weighted by Gasteiger charge is -2.07. The van der Waals surface area contributed by atoms with Crippen molar-refractivity contribution in [3.05, 3.63) is 30.2 Å². The average molecular weight is 216 g/mol. The highest BCUT2D eigenvalue weighted by atomic mass is 16.5. The number of rotatable bonds is 2. The van der Waals surface area contributed by atoms with Gasteiger partial charge in [0.05, 0.1) is 12.7 Å². The van der Waals surface area contributed by atoms with E-state index in [1.54, 1.807) is 31.6 Å². The first-order chi connectivity index (χ1) is 7.70. The van der Waals surface area contributed by atoms with Crippen LogP contribution in [0.2, 0.25) is 0 Å². The van der Waals surface area contributed by atoms with Crippen LogP contribution in [0.15, 0.2) is 24.5 Å². The molecular weight excluding hydrogens is 204 g/mol. The molecule has 0 bridgehead atoms. The van der Waals surface area contributed by atoms with Gasteiger partial charge in [0.2, 0.25) is 0 Å². The standard InChI is InChI=1S/C11H12N4O/c1-7-5-10(12)15-11(14-7)8-6-13-4-3-9(8)16-2/h3-6H,1-2H3,(H2,12,14,15). The van der Waals surface area contributed by atoms with Gasteiger partial charge in [0.1, 0.15) is 11.6 Å². The van der Waals surface area contributed by atoms with Crippen LogP contribution in [0.3, 0.4) is 0 Å². The second-order valence-electron chi connectivity index (χ2n) is 3.33. The summed E-state index contributed by atoms with van der Waals surface area (Å²) >= 11 is 0. The zero-order valence-electron chi connectivity index (χ0n) is 9.14. The second-order valence-corrected chi connectivity index (χ2v) is 3.33. The lowest BCUT2D eigenvalue weighted by molar-refractivity contribution is 0.415. The van der Waals surface area contributed by atoms with Gasteiger partial charge in [-0.25, -0.2) is 9.97 Å². The first-order valence-electron chi connectivity index (χ1n) is 4.80. The Morgan fingerprint density at radius 3 is 2.81 bits per heavy atom. The van der Waals surface area contributed by atoms with Gasteiger partial charge in [-0.05, 0) is 13.0 Å². The van der Waals surface area contributed by atoms with E-state index in [-0.39, 0.29) is 0 Å². The first-order valence-corrected chi connectivity index (χ1v) is 4.80. The van der Waals surface area contributed by atoms with Gasteiger partial charge in [-0.1, -0.05) is 0 Å². The number of pyridine rings is 1. The van der Waals surface area contributed by atoms with E-state index in [0.29, 0.717) is 17.4 Å². The van der Waals surface area contributed by atoms with E-state index in [1.807, 2.05) is 6.92 Å². The molecule has 16 heavy (non-hydrogen) atoms. The highest BCUT2D eigenvalue weighted by molar-refractivity contribution is 5.63. The third kappa shape index (κ3) is 1.93. The first kappa shape index (κ1) is 10.4. The molecule has 0 aromatic carbocycles. The molecule has 5 nitrogen and oxygen atoms in total. The summed E-state index contributed by atoms with van der Waals surface area (Å²) in [6.07, 6.45) is 3.31. The summed E-state index contributed by atoms with van der Waals surface area (Å²) in [7, 11) is 1.60. The maximum Gasteiger partial charge on any atom is 0.167 e. The molecule has 0 radical (unpaired) electrons. The van der Waals surface area contributed by atoms with Crippen molar-refractivity contribution in [3.8, 4) is 17.1 Å². The highest BCUT2D eigenvalue weighted by Crippen LogP contribution is 2.26. The van der Waals surface area contributed by atoms with E-state index >= 15 is 0 Å². The Morgan fingerprint density at radius 2 is 2.12 bits per heavy atom. The number of anilines is 1. The van der Waals surface area contributed by atoms with Crippen molar-refractivity contribution < 1.29 is 4.74 Å². The normalized spacial score (nSPS) is 10.1. The second kappa shape index (κ2) is 4.14. The van der Waals surface area contributed by atoms with Crippen molar-refractivity contribution >= 4 is 5.82 Å². The van der Waals surface area contributed by atoms with E-state index in [1.165, 1.54) is 0 Å². The molecule has 0 fully saturated rings. The van der Waals surface area contributed by atoms with Gasteiger partial charge in [-0.3, -0.25) is 4.98 Å². The molecule has 0 spiro atoms. The van der Waals surface area contributed by atoms with Crippen LogP contribution in [-0.4, -0.2) is 22.1 Å². The van der Waals surface area contributed by atoms with Gasteiger partial charge in [-0.2, -0.15) is 0 Å². The van der Waals surface area contributed by atoms with Crippen molar-refractivity contribution in [1.82, 2.24) is 15.0 Å². The van der Waals surface area contributed by atoms with Gasteiger partial charge in [-0.15, -0.1) is 0 Å². The topological polar surface area (TPSA) is 73.9 Å². The molecule has 0 unspecified atom stereocenters. The Balaban J connectivity index is 2.58. The van der Waals surface area contributed by atoms with E-state index in [0.717, 1.165) is 11.3 Å². The fourth-order valence-corrected chi connectivity index (χ4v) is 1.44. The van der Waals surface area contributed by atoms with Crippen molar-refractivity contribution in [2.75, 3.05) is 12.8 Å². The number of nitrogens with two attached hydrogens (primary N) is 1. The lowest BCUT2D eigenvalue weighted by Crippen LogP contribution is -1.99. The summed E-state index contributed by atoms with van der Waals surface area (Å²) in [5.74, 6) is 1.65. The zero-order valence-corrected chi connectivity index (χ0v) is 9.14. The number of hydrogen-bond donors (Lipinski definition) is 1. The SMILES string of the molecule is COc1ccncc1-c1nc(C)cc(N)n1. The summed E-state index contributed by atoms with van der Waals surface area (Å²) in [6.45, 7) is 1.87. The van der Waals surface area contributed by atoms with Crippen LogP contribution in [0.4, 0.5) is 5.82 Å². The molecule has 0 aliphatic rings. The Bertz CT molecular complexity index is 493. The predicted octanol–water partition coefficient (Wildman–Crippen LogP) is 1.44. The van der Waals surface area contributed by atoms with E-state index in [2.05, 4.69) is 15.0 Å². The number of aryl methyl sites for hydroxylation is 1. The molecule has 0 saturated heterocycles. The number of nitrogen functional groups attached to an aromatic ring is 1. The number of ether oxygens (including phenoxy) is 1. The van der Waals surface area contributed by atoms with Crippen LogP contribution in [0.5, 0.6) is 5.75 Å². The third-order valence-corrected chi connectivity index (χ3v) is 2.12. The molecule has 0 atom stereocenters. The molecular formula is C11H12N4O. The Kier molecular flexibility index (Phi) is 2.68. The predicted molar refractivity (Wildman–Crippen MR) is 61.0 cm³/mol. The number of aromatic nitrogens is 3. The Hall–Kier alpha value is -2.17. The van der Waals surface area contributed by atoms with E-state index in [4.69, 9.17) is 10.5 Å². The fraction of sp³-hybridized carbons (Fsp3) is 0.182. The maximum atomic E-state index is 5.68. The molecule has 0 saturated carbocycles. The molecule has 2 aromatic rings. The van der Waals surface area contributed by atoms with Gasteiger partial charge >= 0.3 is 0 Å². The van der Waals surface area contributed by atoms with E-state index < -0.39 is 0 Å². The lowest BCUT2D eigenvalue weighted by atomic mass is 10.2. The van der Waals surface area contributed by atoms with Crippen LogP contribution in [0.1, 0.15) is 5.69 Å². The molecule has 2 aromatic heterocycles. The van der Waals surface area contributed by atoms with Crippen molar-refractivity contribution in [1.29, 1.82) is 0 Å². The van der Waals surface area contributed by atoms with Crippen LogP contribution < -0.4 is 10.5 Å². The van der Waals surface area contributed by atoms with Crippen LogP contribution >= 0.6 is 0 Å². The molecule has 2 heterocycles. The molecule has 82 valence electrons. The Labute approximate surface area is 93.3 Å². The largest absolute Gasteiger partial charge is 0.496 e. The minimum absolute atomic E-state index is 0.438. The van der Waals surface area contributed by atoms with Crippen LogP contribution in [-0.2, 0) is 0 Å². The van der Waals surface area contributed by atoms with Gasteiger partial charge in [0.25, 0.3) is 0 Å². The quantitative estimate of drug-likeness (QED) is 0.822. The maximum absolute atomic E-state index is 5.68. The summed E-state index contributed by atoms with van der Waals surface area (Å²) < 4.78 is 5.22. The summed E-state index contributed by atoms with van der Waals surface area (Å²) in [5.41, 5.74) is 7.23. The smallest absolute Gasteiger partial charge is 0.167 e. The molecule has 0 aliphatic heterocycles. The third-order valence-electron chi connectivity index (χ3n) is 2.12. The summed E-state index contributed by atoms with van der Waals surface area (Å²) in [5, 5.41) is 0. The molecule has 2 N–H and O–H groups in total. The fourth-order valence-electron chi connectivity index (χ4n) is 1.44. The number of nitrogens with zero attached hydrogens (tertiary/aromatic N) is 3. The number of hydrogen-bond acceptors (Lipinski definition) is 5. The molecule has 5 heteroatoms. The molecule has 0 aliphatic carbocycles. The minimum atomic E-state index is 0.438. The summed E-state index contributed by atoms with van der Waals surface area (Å²) in [6, 6.07) is 3.48. The van der Waals surface area contributed by atoms with Gasteiger partial charge in [0.15, 0.2) is 5.82 Å². The Morgan fingerprint density at radius 1 is 1.31 bits per heavy atom. The summed E-state index contributed by atoms with van der Waals surface area (Å²) in [4.78, 5) is 12.5. The highest BCUT2D eigenvalue weighted by Gasteiger charge is 2.09. The van der Waals surface area contributed by atoms with Gasteiger partial charge in [0, 0.05) is 24.2 Å². The van der Waals surface area contributed by atoms with Crippen molar-refractivity contribution in [2.45, 2.75) is 6.92 Å². The van der Waals surface area contributed by atoms with Crippen LogP contribution in [0, 0.1) is 6.92 Å². The van der Waals surface area contributed by atoms with Gasteiger partial charge < -0.3 is 10.5 Å². The van der Waals surface area contributed by atoms with Crippen LogP contribution in [0.25, 0.3) is 11.4 Å². The monoisotopic (exact) mass is 216 g/mol.